The normalized spacial score (nSPS) is 12.2. The van der Waals surface area contributed by atoms with Crippen LogP contribution in [0.5, 0.6) is 5.75 Å². The molecular formula is C13H18ClNO2S. The molecule has 0 saturated heterocycles. The molecule has 1 N–H and O–H groups in total. The molecular weight excluding hydrogens is 270 g/mol. The number of hydrogen-bond acceptors (Lipinski definition) is 3. The Kier molecular flexibility index (Phi) is 5.82. The third kappa shape index (κ3) is 3.82. The SMILES string of the molecule is CSCCC(C)N(C)C(=O)c1ccc(O)c(Cl)c1. The van der Waals surface area contributed by atoms with Gasteiger partial charge in [-0.3, -0.25) is 4.79 Å². The Morgan fingerprint density at radius 1 is 1.56 bits per heavy atom. The van der Waals surface area contributed by atoms with Crippen LogP contribution in [0.25, 0.3) is 0 Å². The zero-order valence-electron chi connectivity index (χ0n) is 10.8. The van der Waals surface area contributed by atoms with Gasteiger partial charge < -0.3 is 10.0 Å². The first-order chi connectivity index (χ1) is 8.47. The Bertz CT molecular complexity index is 425. The number of carbonyl (C=O) groups is 1. The van der Waals surface area contributed by atoms with Crippen molar-refractivity contribution in [1.29, 1.82) is 0 Å². The van der Waals surface area contributed by atoms with E-state index in [2.05, 4.69) is 0 Å². The van der Waals surface area contributed by atoms with Crippen molar-refractivity contribution in [2.45, 2.75) is 19.4 Å². The number of carbonyl (C=O) groups excluding carboxylic acids is 1. The van der Waals surface area contributed by atoms with Gasteiger partial charge in [-0.1, -0.05) is 11.6 Å². The molecule has 3 nitrogen and oxygen atoms in total. The molecule has 1 aromatic rings. The molecule has 0 bridgehead atoms. The predicted octanol–water partition coefficient (Wildman–Crippen LogP) is 3.26. The number of amides is 1. The molecule has 5 heteroatoms. The van der Waals surface area contributed by atoms with E-state index < -0.39 is 0 Å². The lowest BCUT2D eigenvalue weighted by Gasteiger charge is -2.25. The van der Waals surface area contributed by atoms with Gasteiger partial charge in [0.25, 0.3) is 5.91 Å². The van der Waals surface area contributed by atoms with Gasteiger partial charge in [0.1, 0.15) is 5.75 Å². The van der Waals surface area contributed by atoms with E-state index in [0.717, 1.165) is 12.2 Å². The number of phenols is 1. The molecule has 1 unspecified atom stereocenters. The summed E-state index contributed by atoms with van der Waals surface area (Å²) in [6, 6.07) is 4.70. The lowest BCUT2D eigenvalue weighted by molar-refractivity contribution is 0.0741. The van der Waals surface area contributed by atoms with E-state index in [1.165, 1.54) is 12.1 Å². The van der Waals surface area contributed by atoms with E-state index in [1.54, 1.807) is 29.8 Å². The minimum absolute atomic E-state index is 0.00805. The predicted molar refractivity (Wildman–Crippen MR) is 77.7 cm³/mol. The summed E-state index contributed by atoms with van der Waals surface area (Å²) in [5.41, 5.74) is 0.497. The lowest BCUT2D eigenvalue weighted by Crippen LogP contribution is -2.35. The van der Waals surface area contributed by atoms with Gasteiger partial charge in [0.05, 0.1) is 5.02 Å². The van der Waals surface area contributed by atoms with Gasteiger partial charge in [0.15, 0.2) is 0 Å². The molecule has 0 aliphatic carbocycles. The molecule has 1 rings (SSSR count). The van der Waals surface area contributed by atoms with Crippen LogP contribution >= 0.6 is 23.4 Å². The number of benzene rings is 1. The summed E-state index contributed by atoms with van der Waals surface area (Å²) in [7, 11) is 1.79. The van der Waals surface area contributed by atoms with E-state index in [4.69, 9.17) is 11.6 Å². The fraction of sp³-hybridized carbons (Fsp3) is 0.462. The van der Waals surface area contributed by atoms with Gasteiger partial charge in [0.2, 0.25) is 0 Å². The van der Waals surface area contributed by atoms with Gasteiger partial charge >= 0.3 is 0 Å². The molecule has 18 heavy (non-hydrogen) atoms. The molecule has 0 aliphatic rings. The smallest absolute Gasteiger partial charge is 0.253 e. The highest BCUT2D eigenvalue weighted by atomic mass is 35.5. The van der Waals surface area contributed by atoms with Crippen molar-refractivity contribution in [3.63, 3.8) is 0 Å². The lowest BCUT2D eigenvalue weighted by atomic mass is 10.1. The maximum absolute atomic E-state index is 12.2. The van der Waals surface area contributed by atoms with Gasteiger partial charge in [-0.15, -0.1) is 0 Å². The van der Waals surface area contributed by atoms with Crippen molar-refractivity contribution in [3.05, 3.63) is 28.8 Å². The topological polar surface area (TPSA) is 40.5 Å². The summed E-state index contributed by atoms with van der Waals surface area (Å²) in [6.07, 6.45) is 3.00. The van der Waals surface area contributed by atoms with E-state index in [-0.39, 0.29) is 22.7 Å². The van der Waals surface area contributed by atoms with Gasteiger partial charge in [-0.2, -0.15) is 11.8 Å². The molecule has 0 heterocycles. The van der Waals surface area contributed by atoms with Crippen molar-refractivity contribution in [2.24, 2.45) is 0 Å². The fourth-order valence-corrected chi connectivity index (χ4v) is 2.28. The Balaban J connectivity index is 2.76. The van der Waals surface area contributed by atoms with Crippen LogP contribution in [0.1, 0.15) is 23.7 Å². The van der Waals surface area contributed by atoms with Gasteiger partial charge in [-0.25, -0.2) is 0 Å². The van der Waals surface area contributed by atoms with E-state index >= 15 is 0 Å². The van der Waals surface area contributed by atoms with Crippen LogP contribution in [0.2, 0.25) is 5.02 Å². The number of rotatable bonds is 5. The Labute approximate surface area is 117 Å². The first kappa shape index (κ1) is 15.2. The van der Waals surface area contributed by atoms with E-state index in [1.807, 2.05) is 13.2 Å². The summed E-state index contributed by atoms with van der Waals surface area (Å²) in [5, 5.41) is 9.53. The number of nitrogens with zero attached hydrogens (tertiary/aromatic N) is 1. The molecule has 0 radical (unpaired) electrons. The van der Waals surface area contributed by atoms with Crippen LogP contribution in [0, 0.1) is 0 Å². The highest BCUT2D eigenvalue weighted by Crippen LogP contribution is 2.24. The number of halogens is 1. The molecule has 0 aromatic heterocycles. The number of hydrogen-bond donors (Lipinski definition) is 1. The summed E-state index contributed by atoms with van der Waals surface area (Å²) >= 11 is 7.57. The first-order valence-electron chi connectivity index (χ1n) is 5.72. The van der Waals surface area contributed by atoms with Gasteiger partial charge in [-0.05, 0) is 43.6 Å². The zero-order valence-corrected chi connectivity index (χ0v) is 12.4. The number of thioether (sulfide) groups is 1. The highest BCUT2D eigenvalue weighted by Gasteiger charge is 2.17. The second-order valence-electron chi connectivity index (χ2n) is 4.21. The fourth-order valence-electron chi connectivity index (χ4n) is 1.53. The second-order valence-corrected chi connectivity index (χ2v) is 5.61. The van der Waals surface area contributed by atoms with Crippen molar-refractivity contribution >= 4 is 29.3 Å². The molecule has 1 amide bonds. The monoisotopic (exact) mass is 287 g/mol. The highest BCUT2D eigenvalue weighted by molar-refractivity contribution is 7.98. The summed E-state index contributed by atoms with van der Waals surface area (Å²) in [4.78, 5) is 13.9. The average Bonchev–Trinajstić information content (AvgIpc) is 2.37. The Hall–Kier alpha value is -0.870. The first-order valence-corrected chi connectivity index (χ1v) is 7.49. The minimum Gasteiger partial charge on any atom is -0.506 e. The number of aromatic hydroxyl groups is 1. The Morgan fingerprint density at radius 2 is 2.22 bits per heavy atom. The second kappa shape index (κ2) is 6.90. The van der Waals surface area contributed by atoms with Crippen molar-refractivity contribution in [2.75, 3.05) is 19.1 Å². The molecule has 0 spiro atoms. The molecule has 1 atom stereocenters. The van der Waals surface area contributed by atoms with Crippen LogP contribution < -0.4 is 0 Å². The van der Waals surface area contributed by atoms with Crippen molar-refractivity contribution in [3.8, 4) is 5.75 Å². The van der Waals surface area contributed by atoms with E-state index in [9.17, 15) is 9.90 Å². The third-order valence-corrected chi connectivity index (χ3v) is 3.86. The molecule has 100 valence electrons. The summed E-state index contributed by atoms with van der Waals surface area (Å²) in [6.45, 7) is 2.02. The average molecular weight is 288 g/mol. The maximum atomic E-state index is 12.2. The number of phenolic OH excluding ortho intramolecular Hbond substituents is 1. The van der Waals surface area contributed by atoms with E-state index in [0.29, 0.717) is 5.56 Å². The van der Waals surface area contributed by atoms with Crippen LogP contribution in [0.15, 0.2) is 18.2 Å². The summed E-state index contributed by atoms with van der Waals surface area (Å²) < 4.78 is 0. The quantitative estimate of drug-likeness (QED) is 0.904. The maximum Gasteiger partial charge on any atom is 0.253 e. The molecule has 0 fully saturated rings. The van der Waals surface area contributed by atoms with Crippen molar-refractivity contribution < 1.29 is 9.90 Å². The largest absolute Gasteiger partial charge is 0.506 e. The molecule has 0 aliphatic heterocycles. The summed E-state index contributed by atoms with van der Waals surface area (Å²) in [5.74, 6) is 0.937. The van der Waals surface area contributed by atoms with Crippen LogP contribution in [0.3, 0.4) is 0 Å². The van der Waals surface area contributed by atoms with Gasteiger partial charge in [0, 0.05) is 18.7 Å². The standard InChI is InChI=1S/C13H18ClNO2S/c1-9(6-7-18-3)15(2)13(17)10-4-5-12(16)11(14)8-10/h4-5,8-9,16H,6-7H2,1-3H3. The van der Waals surface area contributed by atoms with Crippen LogP contribution in [-0.2, 0) is 0 Å². The third-order valence-electron chi connectivity index (χ3n) is 2.92. The van der Waals surface area contributed by atoms with Crippen LogP contribution in [-0.4, -0.2) is 41.0 Å². The molecule has 0 saturated carbocycles. The zero-order chi connectivity index (χ0) is 13.7. The van der Waals surface area contributed by atoms with Crippen LogP contribution in [0.4, 0.5) is 0 Å². The Morgan fingerprint density at radius 3 is 2.78 bits per heavy atom. The minimum atomic E-state index is -0.0782. The van der Waals surface area contributed by atoms with Crippen molar-refractivity contribution in [1.82, 2.24) is 4.90 Å². The molecule has 1 aromatic carbocycles.